The van der Waals surface area contributed by atoms with Gasteiger partial charge in [0.1, 0.15) is 13.3 Å². The summed E-state index contributed by atoms with van der Waals surface area (Å²) in [5.41, 5.74) is 3.76. The Bertz CT molecular complexity index is 884. The van der Waals surface area contributed by atoms with E-state index in [2.05, 4.69) is 49.0 Å². The van der Waals surface area contributed by atoms with Crippen LogP contribution < -0.4 is 0 Å². The molecule has 0 aliphatic heterocycles. The second kappa shape index (κ2) is 12.9. The summed E-state index contributed by atoms with van der Waals surface area (Å²) in [4.78, 5) is 3.69. The molecule has 2 heteroatoms. The fraction of sp³-hybridized carbons (Fsp3) is 0.200. The molecule has 0 aliphatic rings. The molecule has 0 fully saturated rings. The highest BCUT2D eigenvalue weighted by Crippen LogP contribution is 2.04. The molecule has 1 rings (SSSR count). The van der Waals surface area contributed by atoms with Gasteiger partial charge in [0.15, 0.2) is 6.20 Å². The lowest BCUT2D eigenvalue weighted by atomic mass is 10.1. The average Bonchev–Trinajstić information content (AvgIpc) is 2.69. The van der Waals surface area contributed by atoms with E-state index in [1.807, 2.05) is 73.2 Å². The van der Waals surface area contributed by atoms with Gasteiger partial charge >= 0.3 is 0 Å². The van der Waals surface area contributed by atoms with E-state index in [1.165, 1.54) is 0 Å². The van der Waals surface area contributed by atoms with Crippen LogP contribution in [-0.2, 0) is 0 Å². The van der Waals surface area contributed by atoms with Crippen LogP contribution in [0.2, 0.25) is 0 Å². The summed E-state index contributed by atoms with van der Waals surface area (Å²) in [6, 6.07) is 7.91. The van der Waals surface area contributed by atoms with E-state index in [1.54, 1.807) is 6.20 Å². The molecule has 0 saturated carbocycles. The van der Waals surface area contributed by atoms with Crippen LogP contribution in [0.1, 0.15) is 38.3 Å². The zero-order chi connectivity index (χ0) is 19.9. The number of nitrogens with zero attached hydrogens (tertiary/aromatic N) is 2. The minimum atomic E-state index is 0.901. The number of aliphatic imine (C=N–C) groups is 1. The van der Waals surface area contributed by atoms with Crippen LogP contribution in [-0.4, -0.2) is 24.6 Å². The summed E-state index contributed by atoms with van der Waals surface area (Å²) in [5, 5.41) is 0. The van der Waals surface area contributed by atoms with Crippen LogP contribution >= 0.6 is 0 Å². The van der Waals surface area contributed by atoms with Gasteiger partial charge < -0.3 is 0 Å². The second-order valence-electron chi connectivity index (χ2n) is 5.69. The predicted molar refractivity (Wildman–Crippen MR) is 118 cm³/mol. The molecule has 0 spiro atoms. The summed E-state index contributed by atoms with van der Waals surface area (Å²) in [7, 11) is 0. The van der Waals surface area contributed by atoms with E-state index in [-0.39, 0.29) is 0 Å². The van der Waals surface area contributed by atoms with Crippen LogP contribution in [0.3, 0.4) is 0 Å². The van der Waals surface area contributed by atoms with E-state index in [4.69, 9.17) is 0 Å². The molecule has 0 heterocycles. The Morgan fingerprint density at radius 1 is 1.00 bits per heavy atom. The summed E-state index contributed by atoms with van der Waals surface area (Å²) in [5.74, 6) is 12.6. The van der Waals surface area contributed by atoms with Crippen molar-refractivity contribution in [2.45, 2.75) is 27.2 Å². The maximum absolute atomic E-state index is 3.96. The van der Waals surface area contributed by atoms with E-state index in [0.717, 1.165) is 35.2 Å². The third-order valence-electron chi connectivity index (χ3n) is 3.54. The highest BCUT2D eigenvalue weighted by Gasteiger charge is 1.93. The Balaban J connectivity index is 2.84. The molecular weight excluding hydrogens is 328 g/mol. The number of benzene rings is 1. The van der Waals surface area contributed by atoms with Crippen LogP contribution in [0.25, 0.3) is 0 Å². The Labute approximate surface area is 164 Å². The van der Waals surface area contributed by atoms with Gasteiger partial charge in [-0.2, -0.15) is 0 Å². The number of hydrogen-bond acceptors (Lipinski definition) is 1. The minimum Gasteiger partial charge on any atom is -0.272 e. The third-order valence-corrected chi connectivity index (χ3v) is 3.54. The maximum atomic E-state index is 3.96. The first-order chi connectivity index (χ1) is 13.1. The number of hydrogen-bond donors (Lipinski definition) is 0. The Hall–Kier alpha value is -3.36. The number of allylic oxidation sites excluding steroid dienone is 6. The monoisotopic (exact) mass is 355 g/mol. The van der Waals surface area contributed by atoms with Crippen molar-refractivity contribution in [3.8, 4) is 23.7 Å². The molecule has 0 amide bonds. The van der Waals surface area contributed by atoms with Gasteiger partial charge in [-0.25, -0.2) is 4.58 Å². The number of rotatable bonds is 6. The lowest BCUT2D eigenvalue weighted by Gasteiger charge is -1.93. The third kappa shape index (κ3) is 9.05. The van der Waals surface area contributed by atoms with Crippen LogP contribution in [0.15, 0.2) is 77.1 Å². The average molecular weight is 356 g/mol. The molecule has 0 radical (unpaired) electrons. The lowest BCUT2D eigenvalue weighted by Crippen LogP contribution is -2.01. The van der Waals surface area contributed by atoms with E-state index < -0.39 is 0 Å². The van der Waals surface area contributed by atoms with Crippen molar-refractivity contribution in [2.24, 2.45) is 4.99 Å². The van der Waals surface area contributed by atoms with Gasteiger partial charge in [-0.1, -0.05) is 42.8 Å². The molecule has 136 valence electrons. The zero-order valence-electron chi connectivity index (χ0n) is 16.5. The van der Waals surface area contributed by atoms with Crippen molar-refractivity contribution in [1.29, 1.82) is 0 Å². The predicted octanol–water partition coefficient (Wildman–Crippen LogP) is 5.13. The van der Waals surface area contributed by atoms with Crippen molar-refractivity contribution in [1.82, 2.24) is 0 Å². The fourth-order valence-electron chi connectivity index (χ4n) is 2.03. The molecule has 0 aromatic heterocycles. The summed E-state index contributed by atoms with van der Waals surface area (Å²) < 4.78 is 1.91. The lowest BCUT2D eigenvalue weighted by molar-refractivity contribution is -0.447. The van der Waals surface area contributed by atoms with Crippen molar-refractivity contribution in [2.75, 3.05) is 6.54 Å². The van der Waals surface area contributed by atoms with E-state index in [0.29, 0.717) is 0 Å². The molecule has 2 nitrogen and oxygen atoms in total. The van der Waals surface area contributed by atoms with E-state index >= 15 is 0 Å². The maximum Gasteiger partial charge on any atom is 0.169 e. The van der Waals surface area contributed by atoms with Gasteiger partial charge in [-0.3, -0.25) is 4.99 Å². The largest absolute Gasteiger partial charge is 0.272 e. The smallest absolute Gasteiger partial charge is 0.169 e. The zero-order valence-corrected chi connectivity index (χ0v) is 16.5. The molecule has 0 saturated heterocycles. The first kappa shape index (κ1) is 21.7. The molecular formula is C25H27N2+. The first-order valence-corrected chi connectivity index (χ1v) is 8.97. The highest BCUT2D eigenvalue weighted by atomic mass is 14.9. The summed E-state index contributed by atoms with van der Waals surface area (Å²) >= 11 is 0. The molecule has 0 atom stereocenters. The molecule has 0 aliphatic carbocycles. The molecule has 1 aromatic rings. The van der Waals surface area contributed by atoms with Gasteiger partial charge in [0, 0.05) is 41.0 Å². The normalized spacial score (nSPS) is 11.7. The molecule has 1 aromatic carbocycles. The van der Waals surface area contributed by atoms with E-state index in [9.17, 15) is 0 Å². The topological polar surface area (TPSA) is 15.4 Å². The Kier molecular flexibility index (Phi) is 10.4. The van der Waals surface area contributed by atoms with Gasteiger partial charge in [-0.05, 0) is 50.9 Å². The van der Waals surface area contributed by atoms with Crippen LogP contribution in [0.5, 0.6) is 0 Å². The van der Waals surface area contributed by atoms with Gasteiger partial charge in [0.2, 0.25) is 0 Å². The quantitative estimate of drug-likeness (QED) is 0.291. The van der Waals surface area contributed by atoms with Crippen LogP contribution in [0, 0.1) is 23.7 Å². The first-order valence-electron chi connectivity index (χ1n) is 8.97. The van der Waals surface area contributed by atoms with Gasteiger partial charge in [0.05, 0.1) is 0 Å². The van der Waals surface area contributed by atoms with Gasteiger partial charge in [0.25, 0.3) is 0 Å². The molecule has 0 unspecified atom stereocenters. The second-order valence-corrected chi connectivity index (χ2v) is 5.69. The standard InChI is InChI=1S/C25H27N2/c1-6-20-27(5)21-18-23(8-3)10-12-25-15-13-24(14-16-25)11-9-22(7-2)17-19-26-4/h7-8,13-19,21H,4-6,20H2,1-3H3/q+1/b19-17-,21-18-,22-7-,23-8-. The Morgan fingerprint density at radius 3 is 1.96 bits per heavy atom. The SMILES string of the molecule is C=N/C=C\C(C#Cc1ccc(C#CC(/C=C\[N+](=C)CCC)=C/C)cc1)=C/C. The fourth-order valence-corrected chi connectivity index (χ4v) is 2.03. The minimum absolute atomic E-state index is 0.901. The van der Waals surface area contributed by atoms with Crippen molar-refractivity contribution < 1.29 is 4.58 Å². The highest BCUT2D eigenvalue weighted by molar-refractivity contribution is 5.49. The van der Waals surface area contributed by atoms with Crippen molar-refractivity contribution >= 4 is 13.4 Å². The molecule has 0 bridgehead atoms. The molecule has 27 heavy (non-hydrogen) atoms. The summed E-state index contributed by atoms with van der Waals surface area (Å²) in [6.45, 7) is 14.4. The van der Waals surface area contributed by atoms with Crippen molar-refractivity contribution in [3.05, 3.63) is 83.2 Å². The van der Waals surface area contributed by atoms with Gasteiger partial charge in [-0.15, -0.1) is 0 Å². The summed E-state index contributed by atoms with van der Waals surface area (Å²) in [6.07, 6.45) is 12.4. The van der Waals surface area contributed by atoms with Crippen molar-refractivity contribution in [3.63, 3.8) is 0 Å². The van der Waals surface area contributed by atoms with Crippen LogP contribution in [0.4, 0.5) is 0 Å². The Morgan fingerprint density at radius 2 is 1.52 bits per heavy atom. The molecule has 0 N–H and O–H groups in total.